The number of hydrogen-bond donors (Lipinski definition) is 0. The van der Waals surface area contributed by atoms with Gasteiger partial charge in [-0.05, 0) is 63.5 Å². The zero-order chi connectivity index (χ0) is 14.0. The Hall–Kier alpha value is -0.890. The van der Waals surface area contributed by atoms with Crippen molar-refractivity contribution in [3.63, 3.8) is 0 Å². The molecule has 1 aromatic heterocycles. The van der Waals surface area contributed by atoms with Crippen LogP contribution < -0.4 is 0 Å². The summed E-state index contributed by atoms with van der Waals surface area (Å²) in [7, 11) is 0. The van der Waals surface area contributed by atoms with Crippen molar-refractivity contribution in [1.29, 1.82) is 0 Å². The highest BCUT2D eigenvalue weighted by Crippen LogP contribution is 2.20. The number of aryl methyl sites for hydroxylation is 3. The number of rotatable bonds is 9. The SMILES string of the molecule is CCOCCCCCCCc1ccc2c(n1)CCCC2. The Morgan fingerprint density at radius 1 is 1.00 bits per heavy atom. The molecule has 20 heavy (non-hydrogen) atoms. The monoisotopic (exact) mass is 275 g/mol. The quantitative estimate of drug-likeness (QED) is 0.619. The second-order valence-corrected chi connectivity index (χ2v) is 5.83. The normalized spacial score (nSPS) is 14.2. The Labute approximate surface area is 124 Å². The first-order chi connectivity index (χ1) is 9.90. The van der Waals surface area contributed by atoms with E-state index >= 15 is 0 Å². The predicted molar refractivity (Wildman–Crippen MR) is 84.2 cm³/mol. The topological polar surface area (TPSA) is 22.1 Å². The van der Waals surface area contributed by atoms with Gasteiger partial charge in [0.1, 0.15) is 0 Å². The Morgan fingerprint density at radius 2 is 1.80 bits per heavy atom. The van der Waals surface area contributed by atoms with Gasteiger partial charge < -0.3 is 4.74 Å². The van der Waals surface area contributed by atoms with Crippen LogP contribution in [0, 0.1) is 0 Å². The number of hydrogen-bond acceptors (Lipinski definition) is 2. The molecule has 0 fully saturated rings. The minimum absolute atomic E-state index is 0.851. The van der Waals surface area contributed by atoms with Crippen molar-refractivity contribution < 1.29 is 4.74 Å². The Kier molecular flexibility index (Phi) is 7.07. The van der Waals surface area contributed by atoms with Gasteiger partial charge in [0, 0.05) is 24.6 Å². The van der Waals surface area contributed by atoms with E-state index in [0.29, 0.717) is 0 Å². The van der Waals surface area contributed by atoms with Crippen LogP contribution in [0.1, 0.15) is 68.8 Å². The molecular formula is C18H29NO. The smallest absolute Gasteiger partial charge is 0.0465 e. The first-order valence-corrected chi connectivity index (χ1v) is 8.45. The Bertz CT molecular complexity index is 389. The van der Waals surface area contributed by atoms with E-state index in [4.69, 9.17) is 9.72 Å². The summed E-state index contributed by atoms with van der Waals surface area (Å²) in [5.74, 6) is 0. The molecule has 0 aliphatic heterocycles. The van der Waals surface area contributed by atoms with Gasteiger partial charge in [-0.3, -0.25) is 4.98 Å². The van der Waals surface area contributed by atoms with Crippen molar-refractivity contribution in [3.05, 3.63) is 29.1 Å². The van der Waals surface area contributed by atoms with Gasteiger partial charge in [0.25, 0.3) is 0 Å². The van der Waals surface area contributed by atoms with Crippen LogP contribution in [-0.4, -0.2) is 18.2 Å². The number of pyridine rings is 1. The molecule has 0 aromatic carbocycles. The molecule has 0 N–H and O–H groups in total. The van der Waals surface area contributed by atoms with Crippen molar-refractivity contribution in [2.24, 2.45) is 0 Å². The van der Waals surface area contributed by atoms with Gasteiger partial charge in [0.15, 0.2) is 0 Å². The minimum Gasteiger partial charge on any atom is -0.382 e. The van der Waals surface area contributed by atoms with Crippen molar-refractivity contribution >= 4 is 0 Å². The summed E-state index contributed by atoms with van der Waals surface area (Å²) >= 11 is 0. The van der Waals surface area contributed by atoms with Gasteiger partial charge in [-0.25, -0.2) is 0 Å². The van der Waals surface area contributed by atoms with Crippen LogP contribution >= 0.6 is 0 Å². The van der Waals surface area contributed by atoms with Gasteiger partial charge in [0.05, 0.1) is 0 Å². The van der Waals surface area contributed by atoms with E-state index in [1.807, 2.05) is 0 Å². The van der Waals surface area contributed by atoms with E-state index in [1.165, 1.54) is 74.7 Å². The summed E-state index contributed by atoms with van der Waals surface area (Å²) in [6.45, 7) is 3.85. The van der Waals surface area contributed by atoms with Crippen LogP contribution in [0.3, 0.4) is 0 Å². The molecule has 0 radical (unpaired) electrons. The summed E-state index contributed by atoms with van der Waals surface area (Å²) in [6, 6.07) is 4.57. The number of fused-ring (bicyclic) bond motifs is 1. The van der Waals surface area contributed by atoms with E-state index in [0.717, 1.165) is 19.6 Å². The first kappa shape index (κ1) is 15.5. The summed E-state index contributed by atoms with van der Waals surface area (Å²) in [4.78, 5) is 4.85. The van der Waals surface area contributed by atoms with Crippen molar-refractivity contribution in [3.8, 4) is 0 Å². The molecule has 2 nitrogen and oxygen atoms in total. The summed E-state index contributed by atoms with van der Waals surface area (Å²) in [5.41, 5.74) is 4.18. The average molecular weight is 275 g/mol. The molecule has 1 aliphatic carbocycles. The van der Waals surface area contributed by atoms with Crippen molar-refractivity contribution in [2.75, 3.05) is 13.2 Å². The van der Waals surface area contributed by atoms with Crippen LogP contribution in [0.5, 0.6) is 0 Å². The molecule has 112 valence electrons. The highest BCUT2D eigenvalue weighted by Gasteiger charge is 2.10. The van der Waals surface area contributed by atoms with Crippen LogP contribution in [0.2, 0.25) is 0 Å². The lowest BCUT2D eigenvalue weighted by Crippen LogP contribution is -2.06. The standard InChI is InChI=1S/C18H29NO/c1-2-20-15-9-5-3-4-6-11-17-14-13-16-10-7-8-12-18(16)19-17/h13-14H,2-12,15H2,1H3. The highest BCUT2D eigenvalue weighted by atomic mass is 16.5. The fraction of sp³-hybridized carbons (Fsp3) is 0.722. The van der Waals surface area contributed by atoms with E-state index in [-0.39, 0.29) is 0 Å². The molecule has 0 saturated heterocycles. The van der Waals surface area contributed by atoms with Gasteiger partial charge in [-0.2, -0.15) is 0 Å². The number of unbranched alkanes of at least 4 members (excludes halogenated alkanes) is 4. The molecule has 2 heteroatoms. The maximum atomic E-state index is 5.35. The Morgan fingerprint density at radius 3 is 2.70 bits per heavy atom. The van der Waals surface area contributed by atoms with E-state index in [1.54, 1.807) is 0 Å². The summed E-state index contributed by atoms with van der Waals surface area (Å²) in [6.07, 6.45) is 12.7. The second kappa shape index (κ2) is 9.12. The maximum Gasteiger partial charge on any atom is 0.0465 e. The molecule has 0 saturated carbocycles. The Balaban J connectivity index is 1.60. The largest absolute Gasteiger partial charge is 0.382 e. The van der Waals surface area contributed by atoms with Gasteiger partial charge in [-0.1, -0.05) is 25.3 Å². The lowest BCUT2D eigenvalue weighted by Gasteiger charge is -2.15. The van der Waals surface area contributed by atoms with Gasteiger partial charge >= 0.3 is 0 Å². The fourth-order valence-electron chi connectivity index (χ4n) is 2.95. The zero-order valence-electron chi connectivity index (χ0n) is 13.0. The molecule has 1 heterocycles. The lowest BCUT2D eigenvalue weighted by atomic mass is 9.95. The maximum absolute atomic E-state index is 5.35. The van der Waals surface area contributed by atoms with E-state index < -0.39 is 0 Å². The van der Waals surface area contributed by atoms with Crippen molar-refractivity contribution in [1.82, 2.24) is 4.98 Å². The molecule has 0 amide bonds. The first-order valence-electron chi connectivity index (χ1n) is 8.45. The molecule has 1 aromatic rings. The molecular weight excluding hydrogens is 246 g/mol. The predicted octanol–water partition coefficient (Wildman–Crippen LogP) is 4.49. The number of ether oxygens (including phenoxy) is 1. The molecule has 0 atom stereocenters. The van der Waals surface area contributed by atoms with E-state index in [2.05, 4.69) is 19.1 Å². The van der Waals surface area contributed by atoms with Crippen molar-refractivity contribution in [2.45, 2.75) is 71.1 Å². The zero-order valence-corrected chi connectivity index (χ0v) is 13.0. The third kappa shape index (κ3) is 5.24. The summed E-state index contributed by atoms with van der Waals surface area (Å²) in [5, 5.41) is 0. The molecule has 1 aliphatic rings. The average Bonchev–Trinajstić information content (AvgIpc) is 2.50. The van der Waals surface area contributed by atoms with Gasteiger partial charge in [-0.15, -0.1) is 0 Å². The van der Waals surface area contributed by atoms with Crippen LogP contribution in [0.25, 0.3) is 0 Å². The molecule has 0 unspecified atom stereocenters. The number of nitrogens with zero attached hydrogens (tertiary/aromatic N) is 1. The number of aromatic nitrogens is 1. The molecule has 0 spiro atoms. The molecule has 2 rings (SSSR count). The fourth-order valence-corrected chi connectivity index (χ4v) is 2.95. The van der Waals surface area contributed by atoms with E-state index in [9.17, 15) is 0 Å². The molecule has 0 bridgehead atoms. The highest BCUT2D eigenvalue weighted by molar-refractivity contribution is 5.25. The summed E-state index contributed by atoms with van der Waals surface area (Å²) < 4.78 is 5.35. The second-order valence-electron chi connectivity index (χ2n) is 5.83. The third-order valence-corrected chi connectivity index (χ3v) is 4.16. The van der Waals surface area contributed by atoms with Crippen LogP contribution in [-0.2, 0) is 24.0 Å². The lowest BCUT2D eigenvalue weighted by molar-refractivity contribution is 0.143. The third-order valence-electron chi connectivity index (χ3n) is 4.16. The van der Waals surface area contributed by atoms with Gasteiger partial charge in [0.2, 0.25) is 0 Å². The van der Waals surface area contributed by atoms with Crippen LogP contribution in [0.15, 0.2) is 12.1 Å². The minimum atomic E-state index is 0.851. The van der Waals surface area contributed by atoms with Crippen LogP contribution in [0.4, 0.5) is 0 Å².